The maximum Gasteiger partial charge on any atom is 0.409 e. The molecule has 0 bridgehead atoms. The molecule has 35 heavy (non-hydrogen) atoms. The Kier molecular flexibility index (Phi) is 8.00. The van der Waals surface area contributed by atoms with Crippen LogP contribution >= 0.6 is 0 Å². The van der Waals surface area contributed by atoms with Gasteiger partial charge in [-0.25, -0.2) is 9.59 Å². The van der Waals surface area contributed by atoms with Crippen LogP contribution in [-0.4, -0.2) is 73.5 Å². The van der Waals surface area contributed by atoms with Crippen molar-refractivity contribution in [2.24, 2.45) is 0 Å². The highest BCUT2D eigenvalue weighted by atomic mass is 19.4. The van der Waals surface area contributed by atoms with Crippen molar-refractivity contribution in [1.82, 2.24) is 15.5 Å². The topological polar surface area (TPSA) is 108 Å². The average molecular weight is 493 g/mol. The van der Waals surface area contributed by atoms with Crippen molar-refractivity contribution < 1.29 is 37.4 Å². The molecule has 0 radical (unpaired) electrons. The fourth-order valence-electron chi connectivity index (χ4n) is 4.02. The maximum absolute atomic E-state index is 13.5. The summed E-state index contributed by atoms with van der Waals surface area (Å²) >= 11 is 0. The predicted octanol–water partition coefficient (Wildman–Crippen LogP) is 2.98. The lowest BCUT2D eigenvalue weighted by Crippen LogP contribution is -2.52. The van der Waals surface area contributed by atoms with Gasteiger partial charge in [-0.3, -0.25) is 4.79 Å². The number of carbonyl (C=O) groups is 3. The van der Waals surface area contributed by atoms with Crippen molar-refractivity contribution in [2.45, 2.75) is 30.6 Å². The molecular weight excluding hydrogens is 467 g/mol. The van der Waals surface area contributed by atoms with Crippen molar-refractivity contribution in [3.05, 3.63) is 59.7 Å². The van der Waals surface area contributed by atoms with Crippen LogP contribution < -0.4 is 10.6 Å². The molecule has 3 N–H and O–H groups in total. The lowest BCUT2D eigenvalue weighted by Gasteiger charge is -2.23. The molecule has 2 aromatic rings. The van der Waals surface area contributed by atoms with E-state index >= 15 is 0 Å². The number of rotatable bonds is 9. The normalized spacial score (nSPS) is 14.6. The summed E-state index contributed by atoms with van der Waals surface area (Å²) in [6, 6.07) is 11.0. The molecular formula is C24H26F3N3O5. The number of alkyl carbamates (subject to hydrolysis) is 1. The van der Waals surface area contributed by atoms with E-state index in [0.29, 0.717) is 0 Å². The zero-order valence-electron chi connectivity index (χ0n) is 19.1. The second-order valence-electron chi connectivity index (χ2n) is 8.49. The molecule has 1 unspecified atom stereocenters. The molecule has 0 saturated heterocycles. The Labute approximate surface area is 200 Å². The first-order valence-corrected chi connectivity index (χ1v) is 10.8. The van der Waals surface area contributed by atoms with Gasteiger partial charge < -0.3 is 25.4 Å². The number of hydrogen-bond acceptors (Lipinski definition) is 5. The summed E-state index contributed by atoms with van der Waals surface area (Å²) < 4.78 is 45.7. The highest BCUT2D eigenvalue weighted by molar-refractivity contribution is 5.84. The SMILES string of the molecule is CN(C)C[C@H](NC(=O)CC(NC(=O)OCC1c2ccccc2-c2ccccc21)C(F)(F)F)C(=O)O. The number of alkyl halides is 3. The minimum absolute atomic E-state index is 0.114. The van der Waals surface area contributed by atoms with Gasteiger partial charge in [0, 0.05) is 12.5 Å². The Balaban J connectivity index is 1.64. The zero-order chi connectivity index (χ0) is 25.8. The van der Waals surface area contributed by atoms with Crippen molar-refractivity contribution >= 4 is 18.0 Å². The summed E-state index contributed by atoms with van der Waals surface area (Å²) in [7, 11) is 3.11. The number of nitrogens with one attached hydrogen (secondary N) is 2. The van der Waals surface area contributed by atoms with Gasteiger partial charge in [0.2, 0.25) is 5.91 Å². The van der Waals surface area contributed by atoms with E-state index in [-0.39, 0.29) is 19.1 Å². The van der Waals surface area contributed by atoms with Gasteiger partial charge in [-0.2, -0.15) is 13.2 Å². The van der Waals surface area contributed by atoms with Crippen molar-refractivity contribution in [3.8, 4) is 11.1 Å². The first kappa shape index (κ1) is 26.0. The number of carboxylic acid groups (broad SMARTS) is 1. The van der Waals surface area contributed by atoms with Crippen LogP contribution in [0, 0.1) is 0 Å². The van der Waals surface area contributed by atoms with Gasteiger partial charge >= 0.3 is 18.2 Å². The number of likely N-dealkylation sites (N-methyl/N-ethyl adjacent to an activating group) is 1. The summed E-state index contributed by atoms with van der Waals surface area (Å²) in [6.07, 6.45) is -7.47. The van der Waals surface area contributed by atoms with Gasteiger partial charge in [0.15, 0.2) is 0 Å². The number of carboxylic acids is 1. The number of aliphatic carboxylic acids is 1. The average Bonchev–Trinajstić information content (AvgIpc) is 3.09. The second kappa shape index (κ2) is 10.8. The van der Waals surface area contributed by atoms with E-state index in [4.69, 9.17) is 4.74 Å². The van der Waals surface area contributed by atoms with Crippen LogP contribution in [0.15, 0.2) is 48.5 Å². The number of halogens is 3. The minimum Gasteiger partial charge on any atom is -0.480 e. The summed E-state index contributed by atoms with van der Waals surface area (Å²) in [6.45, 7) is -0.307. The van der Waals surface area contributed by atoms with Crippen LogP contribution in [0.1, 0.15) is 23.5 Å². The molecule has 1 aliphatic carbocycles. The van der Waals surface area contributed by atoms with Gasteiger partial charge in [0.25, 0.3) is 0 Å². The number of carbonyl (C=O) groups excluding carboxylic acids is 2. The molecule has 1 aliphatic rings. The summed E-state index contributed by atoms with van der Waals surface area (Å²) in [5.41, 5.74) is 3.73. The van der Waals surface area contributed by atoms with E-state index in [1.807, 2.05) is 48.5 Å². The molecule has 11 heteroatoms. The van der Waals surface area contributed by atoms with Crippen LogP contribution in [0.3, 0.4) is 0 Å². The minimum atomic E-state index is -4.96. The summed E-state index contributed by atoms with van der Waals surface area (Å²) in [5, 5.41) is 12.9. The molecule has 0 aromatic heterocycles. The third-order valence-corrected chi connectivity index (χ3v) is 5.60. The Morgan fingerprint density at radius 3 is 2.03 bits per heavy atom. The third-order valence-electron chi connectivity index (χ3n) is 5.60. The maximum atomic E-state index is 13.5. The number of amides is 2. The van der Waals surface area contributed by atoms with Gasteiger partial charge in [0.05, 0.1) is 6.42 Å². The molecule has 0 fully saturated rings. The van der Waals surface area contributed by atoms with Gasteiger partial charge in [0.1, 0.15) is 18.7 Å². The number of fused-ring (bicyclic) bond motifs is 3. The van der Waals surface area contributed by atoms with Gasteiger partial charge in [-0.05, 0) is 36.3 Å². The lowest BCUT2D eigenvalue weighted by atomic mass is 9.98. The second-order valence-corrected chi connectivity index (χ2v) is 8.49. The van der Waals surface area contributed by atoms with E-state index in [1.165, 1.54) is 4.90 Å². The molecule has 3 rings (SSSR count). The van der Waals surface area contributed by atoms with E-state index in [0.717, 1.165) is 22.3 Å². The van der Waals surface area contributed by atoms with Gasteiger partial charge in [-0.1, -0.05) is 48.5 Å². The van der Waals surface area contributed by atoms with E-state index in [1.54, 1.807) is 19.4 Å². The standard InChI is InChI=1S/C24H26F3N3O5/c1-30(2)12-19(22(32)33)28-21(31)11-20(24(25,26)27)29-23(34)35-13-18-16-9-5-3-7-14(16)15-8-4-6-10-17(15)18/h3-10,18-20H,11-13H2,1-2H3,(H,28,31)(H,29,34)(H,32,33)/t19-,20?/m0/s1. The van der Waals surface area contributed by atoms with E-state index < -0.39 is 42.7 Å². The number of nitrogens with zero attached hydrogens (tertiary/aromatic N) is 1. The molecule has 0 saturated carbocycles. The van der Waals surface area contributed by atoms with Crippen molar-refractivity contribution in [3.63, 3.8) is 0 Å². The molecule has 188 valence electrons. The van der Waals surface area contributed by atoms with Crippen molar-refractivity contribution in [1.29, 1.82) is 0 Å². The zero-order valence-corrected chi connectivity index (χ0v) is 19.1. The van der Waals surface area contributed by atoms with Crippen LogP contribution in [0.2, 0.25) is 0 Å². The molecule has 8 nitrogen and oxygen atoms in total. The largest absolute Gasteiger partial charge is 0.480 e. The molecule has 2 amide bonds. The number of benzene rings is 2. The highest BCUT2D eigenvalue weighted by Crippen LogP contribution is 2.44. The molecule has 2 atom stereocenters. The third kappa shape index (κ3) is 6.50. The smallest absolute Gasteiger partial charge is 0.409 e. The van der Waals surface area contributed by atoms with Crippen LogP contribution in [0.4, 0.5) is 18.0 Å². The lowest BCUT2D eigenvalue weighted by molar-refractivity contribution is -0.161. The quantitative estimate of drug-likeness (QED) is 0.496. The first-order chi connectivity index (χ1) is 16.5. The number of ether oxygens (including phenoxy) is 1. The van der Waals surface area contributed by atoms with E-state index in [9.17, 15) is 32.7 Å². The molecule has 2 aromatic carbocycles. The van der Waals surface area contributed by atoms with Crippen LogP contribution in [0.5, 0.6) is 0 Å². The Morgan fingerprint density at radius 2 is 1.54 bits per heavy atom. The number of hydrogen-bond donors (Lipinski definition) is 3. The first-order valence-electron chi connectivity index (χ1n) is 10.8. The Morgan fingerprint density at radius 1 is 1.00 bits per heavy atom. The van der Waals surface area contributed by atoms with Crippen LogP contribution in [-0.2, 0) is 14.3 Å². The summed E-state index contributed by atoms with van der Waals surface area (Å²) in [5.74, 6) is -2.90. The fraction of sp³-hybridized carbons (Fsp3) is 0.375. The highest BCUT2D eigenvalue weighted by Gasteiger charge is 2.43. The predicted molar refractivity (Wildman–Crippen MR) is 121 cm³/mol. The van der Waals surface area contributed by atoms with Gasteiger partial charge in [-0.15, -0.1) is 0 Å². The molecule has 0 spiro atoms. The fourth-order valence-corrected chi connectivity index (χ4v) is 4.02. The van der Waals surface area contributed by atoms with Crippen molar-refractivity contribution in [2.75, 3.05) is 27.2 Å². The Hall–Kier alpha value is -3.60. The van der Waals surface area contributed by atoms with Crippen LogP contribution in [0.25, 0.3) is 11.1 Å². The monoisotopic (exact) mass is 493 g/mol. The summed E-state index contributed by atoms with van der Waals surface area (Å²) in [4.78, 5) is 37.1. The molecule has 0 aliphatic heterocycles. The van der Waals surface area contributed by atoms with E-state index in [2.05, 4.69) is 5.32 Å². The Bertz CT molecular complexity index is 1040. The molecule has 0 heterocycles.